The summed E-state index contributed by atoms with van der Waals surface area (Å²) in [5, 5.41) is 1.27. The van der Waals surface area contributed by atoms with Crippen LogP contribution in [0.3, 0.4) is 0 Å². The van der Waals surface area contributed by atoms with Crippen LogP contribution >= 0.6 is 11.3 Å². The lowest BCUT2D eigenvalue weighted by molar-refractivity contribution is -0.145. The summed E-state index contributed by atoms with van der Waals surface area (Å²) in [5.41, 5.74) is 4.22. The fraction of sp³-hybridized carbons (Fsp3) is 0.294. The van der Waals surface area contributed by atoms with E-state index >= 15 is 0 Å². The maximum Gasteiger partial charge on any atom is 0.306 e. The third-order valence-electron chi connectivity index (χ3n) is 3.61. The van der Waals surface area contributed by atoms with E-state index in [1.807, 2.05) is 6.07 Å². The standard InChI is InChI=1S/C17H18N2O2S/c20-17(21-11-14-10-18-12-22-14)8-4-1-5-13-9-19-16-7-3-2-6-15(13)16/h2-3,6-7,9-10,12,19H,1,4-5,8,11H2. The molecule has 114 valence electrons. The van der Waals surface area contributed by atoms with Gasteiger partial charge in [0, 0.05) is 29.7 Å². The number of para-hydroxylation sites is 1. The van der Waals surface area contributed by atoms with E-state index < -0.39 is 0 Å². The Morgan fingerprint density at radius 2 is 2.18 bits per heavy atom. The second-order valence-electron chi connectivity index (χ2n) is 5.20. The normalized spacial score (nSPS) is 10.9. The van der Waals surface area contributed by atoms with Gasteiger partial charge < -0.3 is 9.72 Å². The Bertz CT molecular complexity index is 734. The number of ether oxygens (including phenoxy) is 1. The molecule has 0 saturated carbocycles. The maximum absolute atomic E-state index is 11.7. The van der Waals surface area contributed by atoms with Crippen LogP contribution in [0, 0.1) is 0 Å². The summed E-state index contributed by atoms with van der Waals surface area (Å²) in [6.07, 6.45) is 7.08. The third-order valence-corrected chi connectivity index (χ3v) is 4.36. The SMILES string of the molecule is O=C(CCCCc1c[nH]c2ccccc12)OCc1cncs1. The monoisotopic (exact) mass is 314 g/mol. The van der Waals surface area contributed by atoms with Crippen molar-refractivity contribution in [1.29, 1.82) is 0 Å². The lowest BCUT2D eigenvalue weighted by atomic mass is 10.1. The molecule has 0 radical (unpaired) electrons. The van der Waals surface area contributed by atoms with Crippen molar-refractivity contribution in [2.24, 2.45) is 0 Å². The van der Waals surface area contributed by atoms with Gasteiger partial charge >= 0.3 is 5.97 Å². The fourth-order valence-corrected chi connectivity index (χ4v) is 2.97. The molecule has 0 spiro atoms. The number of carbonyl (C=O) groups excluding carboxylic acids is 1. The van der Waals surface area contributed by atoms with Crippen LogP contribution in [0.25, 0.3) is 10.9 Å². The Kier molecular flexibility index (Phi) is 4.85. The maximum atomic E-state index is 11.7. The van der Waals surface area contributed by atoms with E-state index in [9.17, 15) is 4.79 Å². The van der Waals surface area contributed by atoms with Crippen molar-refractivity contribution in [2.75, 3.05) is 0 Å². The largest absolute Gasteiger partial charge is 0.460 e. The van der Waals surface area contributed by atoms with Crippen LogP contribution in [0.5, 0.6) is 0 Å². The van der Waals surface area contributed by atoms with Crippen LogP contribution in [0.4, 0.5) is 0 Å². The van der Waals surface area contributed by atoms with Crippen molar-refractivity contribution < 1.29 is 9.53 Å². The van der Waals surface area contributed by atoms with Crippen molar-refractivity contribution in [3.8, 4) is 0 Å². The van der Waals surface area contributed by atoms with E-state index in [0.717, 1.165) is 24.1 Å². The number of aromatic amines is 1. The van der Waals surface area contributed by atoms with Crippen molar-refractivity contribution in [3.63, 3.8) is 0 Å². The zero-order valence-electron chi connectivity index (χ0n) is 12.2. The van der Waals surface area contributed by atoms with Crippen LogP contribution in [0.15, 0.2) is 42.2 Å². The van der Waals surface area contributed by atoms with Gasteiger partial charge in [-0.1, -0.05) is 18.2 Å². The zero-order chi connectivity index (χ0) is 15.2. The number of nitrogens with one attached hydrogen (secondary N) is 1. The van der Waals surface area contributed by atoms with Crippen molar-refractivity contribution >= 4 is 28.2 Å². The molecule has 0 aliphatic heterocycles. The highest BCUT2D eigenvalue weighted by Gasteiger charge is 2.06. The van der Waals surface area contributed by atoms with Gasteiger partial charge in [-0.05, 0) is 30.9 Å². The van der Waals surface area contributed by atoms with E-state index in [1.165, 1.54) is 27.8 Å². The second-order valence-corrected chi connectivity index (χ2v) is 6.17. The molecule has 0 unspecified atom stereocenters. The first-order chi connectivity index (χ1) is 10.8. The van der Waals surface area contributed by atoms with Crippen LogP contribution in [-0.4, -0.2) is 15.9 Å². The van der Waals surface area contributed by atoms with Gasteiger partial charge in [-0.2, -0.15) is 0 Å². The molecule has 22 heavy (non-hydrogen) atoms. The van der Waals surface area contributed by atoms with Crippen molar-refractivity contribution in [3.05, 3.63) is 52.6 Å². The molecule has 1 N–H and O–H groups in total. The van der Waals surface area contributed by atoms with E-state index in [1.54, 1.807) is 11.7 Å². The first kappa shape index (κ1) is 14.8. The van der Waals surface area contributed by atoms with Crippen LogP contribution in [0.2, 0.25) is 0 Å². The molecule has 0 saturated heterocycles. The Hall–Kier alpha value is -2.14. The average Bonchev–Trinajstić information content (AvgIpc) is 3.19. The van der Waals surface area contributed by atoms with Crippen molar-refractivity contribution in [2.45, 2.75) is 32.3 Å². The summed E-state index contributed by atoms with van der Waals surface area (Å²) in [6.45, 7) is 0.339. The van der Waals surface area contributed by atoms with Gasteiger partial charge in [-0.25, -0.2) is 0 Å². The van der Waals surface area contributed by atoms with Gasteiger partial charge in [0.25, 0.3) is 0 Å². The number of fused-ring (bicyclic) bond motifs is 1. The molecule has 0 aliphatic rings. The topological polar surface area (TPSA) is 55.0 Å². The number of hydrogen-bond acceptors (Lipinski definition) is 4. The molecule has 0 atom stereocenters. The highest BCUT2D eigenvalue weighted by atomic mass is 32.1. The molecule has 0 bridgehead atoms. The van der Waals surface area contributed by atoms with E-state index in [2.05, 4.69) is 34.4 Å². The number of carbonyl (C=O) groups is 1. The minimum Gasteiger partial charge on any atom is -0.460 e. The fourth-order valence-electron chi connectivity index (χ4n) is 2.46. The zero-order valence-corrected chi connectivity index (χ0v) is 13.1. The summed E-state index contributed by atoms with van der Waals surface area (Å²) >= 11 is 1.50. The molecule has 5 heteroatoms. The lowest BCUT2D eigenvalue weighted by Gasteiger charge is -2.03. The molecule has 0 fully saturated rings. The summed E-state index contributed by atoms with van der Waals surface area (Å²) in [7, 11) is 0. The van der Waals surface area contributed by atoms with Gasteiger partial charge in [0.1, 0.15) is 6.61 Å². The van der Waals surface area contributed by atoms with Gasteiger partial charge in [-0.15, -0.1) is 11.3 Å². The number of benzene rings is 1. The second kappa shape index (κ2) is 7.22. The summed E-state index contributed by atoms with van der Waals surface area (Å²) in [4.78, 5) is 19.9. The number of aryl methyl sites for hydroxylation is 1. The minimum atomic E-state index is -0.132. The number of H-pyrrole nitrogens is 1. The Morgan fingerprint density at radius 3 is 3.05 bits per heavy atom. The number of rotatable bonds is 7. The molecule has 3 aromatic rings. The highest BCUT2D eigenvalue weighted by molar-refractivity contribution is 7.09. The molecule has 0 aliphatic carbocycles. The molecule has 2 aromatic heterocycles. The predicted molar refractivity (Wildman–Crippen MR) is 87.8 cm³/mol. The summed E-state index contributed by atoms with van der Waals surface area (Å²) in [5.74, 6) is -0.132. The van der Waals surface area contributed by atoms with Gasteiger partial charge in [0.15, 0.2) is 0 Å². The average molecular weight is 314 g/mol. The number of thiazole rings is 1. The molecule has 1 aromatic carbocycles. The van der Waals surface area contributed by atoms with Gasteiger partial charge in [0.05, 0.1) is 10.4 Å². The Balaban J connectivity index is 1.39. The minimum absolute atomic E-state index is 0.132. The van der Waals surface area contributed by atoms with Crippen LogP contribution in [-0.2, 0) is 22.6 Å². The molecular formula is C17H18N2O2S. The Morgan fingerprint density at radius 1 is 1.27 bits per heavy atom. The predicted octanol–water partition coefficient (Wildman–Crippen LogP) is 4.08. The quantitative estimate of drug-likeness (QED) is 0.528. The van der Waals surface area contributed by atoms with Crippen molar-refractivity contribution in [1.82, 2.24) is 9.97 Å². The molecule has 0 amide bonds. The first-order valence-corrected chi connectivity index (χ1v) is 8.29. The molecular weight excluding hydrogens is 296 g/mol. The van der Waals surface area contributed by atoms with E-state index in [-0.39, 0.29) is 5.97 Å². The number of nitrogens with zero attached hydrogens (tertiary/aromatic N) is 1. The number of unbranched alkanes of at least 4 members (excludes halogenated alkanes) is 1. The smallest absolute Gasteiger partial charge is 0.306 e. The summed E-state index contributed by atoms with van der Waals surface area (Å²) in [6, 6.07) is 8.29. The molecule has 2 heterocycles. The number of hydrogen-bond donors (Lipinski definition) is 1. The Labute approximate surface area is 133 Å². The van der Waals surface area contributed by atoms with Gasteiger partial charge in [0.2, 0.25) is 0 Å². The van der Waals surface area contributed by atoms with E-state index in [0.29, 0.717) is 13.0 Å². The van der Waals surface area contributed by atoms with E-state index in [4.69, 9.17) is 4.74 Å². The molecule has 3 rings (SSSR count). The summed E-state index contributed by atoms with van der Waals surface area (Å²) < 4.78 is 5.22. The first-order valence-electron chi connectivity index (χ1n) is 7.41. The number of esters is 1. The third kappa shape index (κ3) is 3.74. The highest BCUT2D eigenvalue weighted by Crippen LogP contribution is 2.19. The number of aromatic nitrogens is 2. The van der Waals surface area contributed by atoms with Crippen LogP contribution < -0.4 is 0 Å². The van der Waals surface area contributed by atoms with Crippen LogP contribution in [0.1, 0.15) is 29.7 Å². The molecule has 4 nitrogen and oxygen atoms in total. The lowest BCUT2D eigenvalue weighted by Crippen LogP contribution is -2.03. The van der Waals surface area contributed by atoms with Gasteiger partial charge in [-0.3, -0.25) is 9.78 Å².